The second-order valence-electron chi connectivity index (χ2n) is 6.14. The van der Waals surface area contributed by atoms with E-state index in [9.17, 15) is 4.79 Å². The van der Waals surface area contributed by atoms with Crippen LogP contribution in [0.15, 0.2) is 36.0 Å². The van der Waals surface area contributed by atoms with E-state index in [2.05, 4.69) is 26.1 Å². The molecule has 2 aliphatic heterocycles. The van der Waals surface area contributed by atoms with Crippen molar-refractivity contribution in [3.8, 4) is 0 Å². The minimum atomic E-state index is 0.0971. The molecule has 116 valence electrons. The first-order chi connectivity index (χ1) is 10.8. The van der Waals surface area contributed by atoms with Gasteiger partial charge in [-0.15, -0.1) is 11.3 Å². The number of amides is 2. The van der Waals surface area contributed by atoms with Crippen LogP contribution in [0.25, 0.3) is 0 Å². The predicted octanol–water partition coefficient (Wildman–Crippen LogP) is 3.02. The lowest BCUT2D eigenvalue weighted by Gasteiger charge is -2.38. The van der Waals surface area contributed by atoms with E-state index in [-0.39, 0.29) is 6.03 Å². The number of hydrogen-bond acceptors (Lipinski definition) is 3. The molecule has 2 amide bonds. The zero-order valence-corrected chi connectivity index (χ0v) is 13.2. The predicted molar refractivity (Wildman–Crippen MR) is 85.7 cm³/mol. The highest BCUT2D eigenvalue weighted by Gasteiger charge is 2.43. The average Bonchev–Trinajstić information content (AvgIpc) is 3.25. The number of aromatic nitrogens is 2. The van der Waals surface area contributed by atoms with E-state index in [0.717, 1.165) is 25.7 Å². The van der Waals surface area contributed by atoms with Gasteiger partial charge in [0.15, 0.2) is 0 Å². The van der Waals surface area contributed by atoms with Crippen LogP contribution in [0, 0.1) is 0 Å². The zero-order chi connectivity index (χ0) is 14.9. The van der Waals surface area contributed by atoms with E-state index in [1.807, 2.05) is 29.9 Å². The van der Waals surface area contributed by atoms with Gasteiger partial charge in [0.1, 0.15) is 0 Å². The summed E-state index contributed by atoms with van der Waals surface area (Å²) in [6, 6.07) is 7.30. The molecule has 0 spiro atoms. The lowest BCUT2D eigenvalue weighted by molar-refractivity contribution is 0.120. The summed E-state index contributed by atoms with van der Waals surface area (Å²) in [6.45, 7) is 0.634. The Kier molecular flexibility index (Phi) is 3.62. The summed E-state index contributed by atoms with van der Waals surface area (Å²) in [5, 5.41) is 9.50. The molecule has 0 radical (unpaired) electrons. The molecule has 0 aromatic carbocycles. The highest BCUT2D eigenvalue weighted by atomic mass is 32.1. The van der Waals surface area contributed by atoms with Crippen LogP contribution >= 0.6 is 11.3 Å². The number of fused-ring (bicyclic) bond motifs is 2. The molecule has 1 N–H and O–H groups in total. The Bertz CT molecular complexity index is 611. The van der Waals surface area contributed by atoms with Crippen LogP contribution in [0.4, 0.5) is 4.79 Å². The third-order valence-corrected chi connectivity index (χ3v) is 5.71. The molecular formula is C16H20N4OS. The molecule has 2 aromatic heterocycles. The molecule has 22 heavy (non-hydrogen) atoms. The number of thiophene rings is 1. The first-order valence-electron chi connectivity index (χ1n) is 7.89. The van der Waals surface area contributed by atoms with Gasteiger partial charge in [-0.25, -0.2) is 4.79 Å². The van der Waals surface area contributed by atoms with Gasteiger partial charge < -0.3 is 10.2 Å². The van der Waals surface area contributed by atoms with Crippen molar-refractivity contribution >= 4 is 17.4 Å². The lowest BCUT2D eigenvalue weighted by Crippen LogP contribution is -2.50. The van der Waals surface area contributed by atoms with E-state index in [4.69, 9.17) is 0 Å². The van der Waals surface area contributed by atoms with Gasteiger partial charge in [0.25, 0.3) is 0 Å². The van der Waals surface area contributed by atoms with Crippen molar-refractivity contribution in [1.29, 1.82) is 0 Å². The number of carbonyl (C=O) groups is 1. The van der Waals surface area contributed by atoms with E-state index in [1.165, 1.54) is 4.88 Å². The van der Waals surface area contributed by atoms with Crippen LogP contribution in [-0.2, 0) is 6.54 Å². The molecule has 2 fully saturated rings. The Morgan fingerprint density at radius 3 is 2.73 bits per heavy atom. The van der Waals surface area contributed by atoms with Crippen molar-refractivity contribution in [3.05, 3.63) is 40.8 Å². The SMILES string of the molecule is O=C(NCc1cccs1)N1C2CCC1CC(n1cccn1)C2. The Morgan fingerprint density at radius 1 is 1.27 bits per heavy atom. The minimum absolute atomic E-state index is 0.0971. The summed E-state index contributed by atoms with van der Waals surface area (Å²) >= 11 is 1.68. The van der Waals surface area contributed by atoms with Crippen molar-refractivity contribution in [3.63, 3.8) is 0 Å². The smallest absolute Gasteiger partial charge is 0.318 e. The number of urea groups is 1. The zero-order valence-electron chi connectivity index (χ0n) is 12.4. The summed E-state index contributed by atoms with van der Waals surface area (Å²) in [7, 11) is 0. The molecule has 2 atom stereocenters. The highest BCUT2D eigenvalue weighted by molar-refractivity contribution is 7.09. The van der Waals surface area contributed by atoms with E-state index in [0.29, 0.717) is 24.7 Å². The largest absolute Gasteiger partial charge is 0.333 e. The summed E-state index contributed by atoms with van der Waals surface area (Å²) in [6.07, 6.45) is 8.15. The van der Waals surface area contributed by atoms with Gasteiger partial charge in [0, 0.05) is 29.4 Å². The summed E-state index contributed by atoms with van der Waals surface area (Å²) in [5.74, 6) is 0. The van der Waals surface area contributed by atoms with Gasteiger partial charge in [-0.1, -0.05) is 6.07 Å². The second-order valence-corrected chi connectivity index (χ2v) is 7.17. The lowest BCUT2D eigenvalue weighted by atomic mass is 9.98. The maximum Gasteiger partial charge on any atom is 0.318 e. The number of piperidine rings is 1. The molecule has 4 rings (SSSR count). The quantitative estimate of drug-likeness (QED) is 0.946. The minimum Gasteiger partial charge on any atom is -0.333 e. The van der Waals surface area contributed by atoms with Gasteiger partial charge in [0.2, 0.25) is 0 Å². The number of rotatable bonds is 3. The number of hydrogen-bond donors (Lipinski definition) is 1. The molecule has 2 bridgehead atoms. The Hall–Kier alpha value is -1.82. The van der Waals surface area contributed by atoms with Crippen molar-refractivity contribution < 1.29 is 4.79 Å². The van der Waals surface area contributed by atoms with Gasteiger partial charge in [-0.3, -0.25) is 4.68 Å². The molecule has 4 heterocycles. The topological polar surface area (TPSA) is 50.2 Å². The van der Waals surface area contributed by atoms with E-state index >= 15 is 0 Å². The Morgan fingerprint density at radius 2 is 2.09 bits per heavy atom. The maximum atomic E-state index is 12.5. The third kappa shape index (κ3) is 2.52. The average molecular weight is 316 g/mol. The van der Waals surface area contributed by atoms with Gasteiger partial charge in [-0.05, 0) is 43.2 Å². The van der Waals surface area contributed by atoms with E-state index in [1.54, 1.807) is 11.3 Å². The fraction of sp³-hybridized carbons (Fsp3) is 0.500. The van der Waals surface area contributed by atoms with Crippen molar-refractivity contribution in [2.24, 2.45) is 0 Å². The normalized spacial score (nSPS) is 27.1. The molecular weight excluding hydrogens is 296 g/mol. The number of nitrogens with one attached hydrogen (secondary N) is 1. The van der Waals surface area contributed by atoms with Crippen LogP contribution in [0.2, 0.25) is 0 Å². The first-order valence-corrected chi connectivity index (χ1v) is 8.77. The Labute approximate surface area is 133 Å². The maximum absolute atomic E-state index is 12.5. The van der Waals surface area contributed by atoms with Gasteiger partial charge in [-0.2, -0.15) is 5.10 Å². The molecule has 6 heteroatoms. The van der Waals surface area contributed by atoms with Crippen LogP contribution < -0.4 is 5.32 Å². The molecule has 2 unspecified atom stereocenters. The van der Waals surface area contributed by atoms with E-state index < -0.39 is 0 Å². The summed E-state index contributed by atoms with van der Waals surface area (Å²) in [5.41, 5.74) is 0. The second kappa shape index (κ2) is 5.76. The van der Waals surface area contributed by atoms with Crippen LogP contribution in [0.1, 0.15) is 36.6 Å². The fourth-order valence-electron chi connectivity index (χ4n) is 3.86. The van der Waals surface area contributed by atoms with Crippen LogP contribution in [-0.4, -0.2) is 32.8 Å². The monoisotopic (exact) mass is 316 g/mol. The third-order valence-electron chi connectivity index (χ3n) is 4.84. The van der Waals surface area contributed by atoms with Crippen LogP contribution in [0.3, 0.4) is 0 Å². The van der Waals surface area contributed by atoms with Crippen molar-refractivity contribution in [2.45, 2.75) is 50.4 Å². The Balaban J connectivity index is 1.40. The summed E-state index contributed by atoms with van der Waals surface area (Å²) in [4.78, 5) is 15.8. The molecule has 2 aliphatic rings. The number of nitrogens with zero attached hydrogens (tertiary/aromatic N) is 3. The van der Waals surface area contributed by atoms with Gasteiger partial charge in [0.05, 0.1) is 12.6 Å². The van der Waals surface area contributed by atoms with Crippen LogP contribution in [0.5, 0.6) is 0 Å². The highest BCUT2D eigenvalue weighted by Crippen LogP contribution is 2.40. The fourth-order valence-corrected chi connectivity index (χ4v) is 4.50. The molecule has 0 aliphatic carbocycles. The number of carbonyl (C=O) groups excluding carboxylic acids is 1. The van der Waals surface area contributed by atoms with Crippen molar-refractivity contribution in [1.82, 2.24) is 20.0 Å². The standard InChI is InChI=1S/C16H20N4OS/c21-16(17-11-15-3-1-8-22-15)20-12-4-5-13(20)10-14(9-12)19-7-2-6-18-19/h1-3,6-8,12-14H,4-5,9-11H2,(H,17,21). The molecule has 2 saturated heterocycles. The molecule has 2 aromatic rings. The van der Waals surface area contributed by atoms with Crippen molar-refractivity contribution in [2.75, 3.05) is 0 Å². The first kappa shape index (κ1) is 13.8. The molecule has 0 saturated carbocycles. The molecule has 5 nitrogen and oxygen atoms in total. The van der Waals surface area contributed by atoms with Gasteiger partial charge >= 0.3 is 6.03 Å². The summed E-state index contributed by atoms with van der Waals surface area (Å²) < 4.78 is 2.06.